The van der Waals surface area contributed by atoms with Crippen LogP contribution in [0.3, 0.4) is 0 Å². The summed E-state index contributed by atoms with van der Waals surface area (Å²) in [6, 6.07) is 15.2. The quantitative estimate of drug-likeness (QED) is 0.619. The summed E-state index contributed by atoms with van der Waals surface area (Å²) in [5.74, 6) is 0.174. The minimum atomic E-state index is -0.582. The average molecular weight is 475 g/mol. The van der Waals surface area contributed by atoms with Gasteiger partial charge in [0.25, 0.3) is 5.91 Å². The summed E-state index contributed by atoms with van der Waals surface area (Å²) in [6.45, 7) is 8.46. The van der Waals surface area contributed by atoms with Crippen LogP contribution in [0.1, 0.15) is 38.8 Å². The van der Waals surface area contributed by atoms with Crippen molar-refractivity contribution in [1.29, 1.82) is 0 Å². The largest absolute Gasteiger partial charge is 0.483 e. The van der Waals surface area contributed by atoms with Crippen LogP contribution in [0.5, 0.6) is 5.75 Å². The Hall–Kier alpha value is -2.34. The molecule has 0 fully saturated rings. The van der Waals surface area contributed by atoms with Gasteiger partial charge < -0.3 is 15.0 Å². The maximum atomic E-state index is 12.9. The van der Waals surface area contributed by atoms with Crippen LogP contribution >= 0.6 is 15.9 Å². The second kappa shape index (κ2) is 10.6. The Bertz CT molecular complexity index is 862. The first-order chi connectivity index (χ1) is 14.1. The number of ether oxygens (including phenoxy) is 1. The Morgan fingerprint density at radius 2 is 1.80 bits per heavy atom. The zero-order chi connectivity index (χ0) is 22.3. The number of benzene rings is 2. The first-order valence-corrected chi connectivity index (χ1v) is 10.9. The Balaban J connectivity index is 2.09. The van der Waals surface area contributed by atoms with E-state index >= 15 is 0 Å². The van der Waals surface area contributed by atoms with Crippen LogP contribution in [0, 0.1) is 0 Å². The van der Waals surface area contributed by atoms with Gasteiger partial charge in [-0.05, 0) is 57.9 Å². The van der Waals surface area contributed by atoms with Gasteiger partial charge in [0.2, 0.25) is 5.91 Å². The maximum absolute atomic E-state index is 12.9. The summed E-state index contributed by atoms with van der Waals surface area (Å²) in [6.07, 6.45) is 0.665. The van der Waals surface area contributed by atoms with E-state index in [1.54, 1.807) is 18.9 Å². The summed E-state index contributed by atoms with van der Waals surface area (Å²) in [4.78, 5) is 26.7. The normalized spacial score (nSPS) is 12.2. The third-order valence-electron chi connectivity index (χ3n) is 5.05. The van der Waals surface area contributed by atoms with Gasteiger partial charge in [-0.2, -0.15) is 0 Å². The topological polar surface area (TPSA) is 58.6 Å². The highest BCUT2D eigenvalue weighted by atomic mass is 79.9. The van der Waals surface area contributed by atoms with E-state index in [9.17, 15) is 9.59 Å². The Morgan fingerprint density at radius 1 is 1.13 bits per heavy atom. The van der Waals surface area contributed by atoms with Gasteiger partial charge in [0.05, 0.1) is 4.47 Å². The van der Waals surface area contributed by atoms with E-state index in [-0.39, 0.29) is 23.8 Å². The lowest BCUT2D eigenvalue weighted by molar-refractivity contribution is -0.141. The van der Waals surface area contributed by atoms with Gasteiger partial charge in [-0.3, -0.25) is 9.59 Å². The highest BCUT2D eigenvalue weighted by Gasteiger charge is 2.25. The van der Waals surface area contributed by atoms with E-state index in [1.807, 2.05) is 48.5 Å². The lowest BCUT2D eigenvalue weighted by Crippen LogP contribution is -2.49. The standard InChI is InChI=1S/C24H31BrN2O3/c1-17(23(29)26-5)27(14-13-18-9-7-6-8-10-18)22(28)16-30-21-12-11-19(15-20(21)25)24(2,3)4/h6-12,15,17H,13-14,16H2,1-5H3,(H,26,29)/t17-/m0/s1. The molecule has 1 atom stereocenters. The molecule has 2 aromatic rings. The number of carbonyl (C=O) groups is 2. The third kappa shape index (κ3) is 6.59. The average Bonchev–Trinajstić information content (AvgIpc) is 2.72. The second-order valence-corrected chi connectivity index (χ2v) is 9.15. The van der Waals surface area contributed by atoms with Crippen LogP contribution in [0.25, 0.3) is 0 Å². The molecule has 2 aromatic carbocycles. The predicted octanol–water partition coefficient (Wildman–Crippen LogP) is 4.33. The van der Waals surface area contributed by atoms with Crippen molar-refractivity contribution >= 4 is 27.7 Å². The van der Waals surface area contributed by atoms with Crippen LogP contribution in [0.15, 0.2) is 53.0 Å². The highest BCUT2D eigenvalue weighted by Crippen LogP contribution is 2.31. The molecule has 0 bridgehead atoms. The van der Waals surface area contributed by atoms with Crippen LogP contribution in [-0.4, -0.2) is 43.0 Å². The highest BCUT2D eigenvalue weighted by molar-refractivity contribution is 9.10. The summed E-state index contributed by atoms with van der Waals surface area (Å²) < 4.78 is 6.60. The number of likely N-dealkylation sites (N-methyl/N-ethyl adjacent to an activating group) is 1. The number of halogens is 1. The molecule has 30 heavy (non-hydrogen) atoms. The monoisotopic (exact) mass is 474 g/mol. The molecule has 6 heteroatoms. The first-order valence-electron chi connectivity index (χ1n) is 10.1. The van der Waals surface area contributed by atoms with Gasteiger partial charge >= 0.3 is 0 Å². The molecule has 0 unspecified atom stereocenters. The molecular formula is C24H31BrN2O3. The number of amides is 2. The van der Waals surface area contributed by atoms with E-state index in [0.29, 0.717) is 18.7 Å². The molecule has 0 saturated carbocycles. The molecule has 0 spiro atoms. The van der Waals surface area contributed by atoms with Crippen molar-refractivity contribution in [3.05, 3.63) is 64.1 Å². The van der Waals surface area contributed by atoms with Gasteiger partial charge in [-0.25, -0.2) is 0 Å². The number of hydrogen-bond acceptors (Lipinski definition) is 3. The number of nitrogens with zero attached hydrogens (tertiary/aromatic N) is 1. The molecule has 2 amide bonds. The second-order valence-electron chi connectivity index (χ2n) is 8.30. The molecule has 0 aliphatic rings. The van der Waals surface area contributed by atoms with Crippen LogP contribution in [0.2, 0.25) is 0 Å². The maximum Gasteiger partial charge on any atom is 0.261 e. The summed E-state index contributed by atoms with van der Waals surface area (Å²) in [5, 5.41) is 2.62. The van der Waals surface area contributed by atoms with E-state index < -0.39 is 6.04 Å². The summed E-state index contributed by atoms with van der Waals surface area (Å²) in [7, 11) is 1.57. The van der Waals surface area contributed by atoms with Crippen molar-refractivity contribution in [1.82, 2.24) is 10.2 Å². The molecule has 0 aromatic heterocycles. The Kier molecular flexibility index (Phi) is 8.47. The molecule has 0 radical (unpaired) electrons. The van der Waals surface area contributed by atoms with Crippen LogP contribution in [-0.2, 0) is 21.4 Å². The van der Waals surface area contributed by atoms with E-state index in [4.69, 9.17) is 4.74 Å². The minimum Gasteiger partial charge on any atom is -0.483 e. The van der Waals surface area contributed by atoms with Crippen molar-refractivity contribution in [2.45, 2.75) is 45.6 Å². The molecule has 1 N–H and O–H groups in total. The van der Waals surface area contributed by atoms with Crippen molar-refractivity contribution in [3.8, 4) is 5.75 Å². The van der Waals surface area contributed by atoms with Gasteiger partial charge in [0.1, 0.15) is 11.8 Å². The number of rotatable bonds is 8. The molecule has 0 aliphatic heterocycles. The molecule has 5 nitrogen and oxygen atoms in total. The number of carbonyl (C=O) groups excluding carboxylic acids is 2. The minimum absolute atomic E-state index is 0.0219. The third-order valence-corrected chi connectivity index (χ3v) is 5.67. The van der Waals surface area contributed by atoms with Crippen molar-refractivity contribution in [3.63, 3.8) is 0 Å². The Labute approximate surface area is 187 Å². The van der Waals surface area contributed by atoms with Crippen molar-refractivity contribution in [2.75, 3.05) is 20.2 Å². The molecule has 0 saturated heterocycles. The molecule has 2 rings (SSSR count). The molecular weight excluding hydrogens is 444 g/mol. The van der Waals surface area contributed by atoms with Crippen LogP contribution < -0.4 is 10.1 Å². The zero-order valence-electron chi connectivity index (χ0n) is 18.4. The van der Waals surface area contributed by atoms with Gasteiger partial charge in [0.15, 0.2) is 6.61 Å². The Morgan fingerprint density at radius 3 is 2.37 bits per heavy atom. The summed E-state index contributed by atoms with van der Waals surface area (Å²) in [5.41, 5.74) is 2.31. The molecule has 0 aliphatic carbocycles. The van der Waals surface area contributed by atoms with Gasteiger partial charge in [0, 0.05) is 13.6 Å². The number of hydrogen-bond donors (Lipinski definition) is 1. The van der Waals surface area contributed by atoms with E-state index in [0.717, 1.165) is 10.0 Å². The number of nitrogens with one attached hydrogen (secondary N) is 1. The summed E-state index contributed by atoms with van der Waals surface area (Å²) >= 11 is 3.54. The predicted molar refractivity (Wildman–Crippen MR) is 124 cm³/mol. The SMILES string of the molecule is CNC(=O)[C@H](C)N(CCc1ccccc1)C(=O)COc1ccc(C(C)(C)C)cc1Br. The fourth-order valence-corrected chi connectivity index (χ4v) is 3.58. The van der Waals surface area contributed by atoms with Gasteiger partial charge in [-0.15, -0.1) is 0 Å². The lowest BCUT2D eigenvalue weighted by atomic mass is 9.87. The zero-order valence-corrected chi connectivity index (χ0v) is 20.0. The van der Waals surface area contributed by atoms with Gasteiger partial charge in [-0.1, -0.05) is 57.2 Å². The molecule has 0 heterocycles. The van der Waals surface area contributed by atoms with Crippen molar-refractivity contribution < 1.29 is 14.3 Å². The lowest BCUT2D eigenvalue weighted by Gasteiger charge is -2.28. The first kappa shape index (κ1) is 23.9. The fourth-order valence-electron chi connectivity index (χ4n) is 3.09. The van der Waals surface area contributed by atoms with E-state index in [1.165, 1.54) is 5.56 Å². The smallest absolute Gasteiger partial charge is 0.261 e. The molecule has 162 valence electrons. The van der Waals surface area contributed by atoms with E-state index in [2.05, 4.69) is 42.0 Å². The van der Waals surface area contributed by atoms with Crippen molar-refractivity contribution in [2.24, 2.45) is 0 Å². The van der Waals surface area contributed by atoms with Crippen LogP contribution in [0.4, 0.5) is 0 Å². The fraction of sp³-hybridized carbons (Fsp3) is 0.417.